The van der Waals surface area contributed by atoms with Gasteiger partial charge in [-0.2, -0.15) is 5.10 Å². The minimum absolute atomic E-state index is 0.171. The van der Waals surface area contributed by atoms with Crippen LogP contribution in [0.25, 0.3) is 11.3 Å². The molecular weight excluding hydrogens is 398 g/mol. The number of benzene rings is 2. The quantitative estimate of drug-likeness (QED) is 0.648. The predicted molar refractivity (Wildman–Crippen MR) is 120 cm³/mol. The van der Waals surface area contributed by atoms with E-state index in [2.05, 4.69) is 10.4 Å². The number of carbonyl (C=O) groups excluding carboxylic acids is 1. The number of aromatic nitrogens is 2. The van der Waals surface area contributed by atoms with Gasteiger partial charge >= 0.3 is 0 Å². The Balaban J connectivity index is 1.75. The molecule has 0 unspecified atom stereocenters. The number of hydrogen-bond donors (Lipinski definition) is 1. The number of rotatable bonds is 4. The van der Waals surface area contributed by atoms with Gasteiger partial charge in [0.2, 0.25) is 5.91 Å². The molecule has 3 aromatic rings. The van der Waals surface area contributed by atoms with Crippen molar-refractivity contribution in [2.24, 2.45) is 0 Å². The Morgan fingerprint density at radius 2 is 1.77 bits per heavy atom. The SMILES string of the molecule is Cc1c(Cl)cccc1NC(=O)[C@H](C)n1nc(-c2ccccc2)c2c(c1=O)CCCC2. The molecule has 4 rings (SSSR count). The van der Waals surface area contributed by atoms with Crippen LogP contribution in [-0.2, 0) is 17.6 Å². The fourth-order valence-corrected chi connectivity index (χ4v) is 4.11. The van der Waals surface area contributed by atoms with Crippen LogP contribution in [0.3, 0.4) is 0 Å². The average Bonchev–Trinajstić information content (AvgIpc) is 2.77. The van der Waals surface area contributed by atoms with Crippen LogP contribution in [0.4, 0.5) is 5.69 Å². The lowest BCUT2D eigenvalue weighted by molar-refractivity contribution is -0.119. The second-order valence-electron chi connectivity index (χ2n) is 7.71. The van der Waals surface area contributed by atoms with Crippen molar-refractivity contribution in [2.75, 3.05) is 5.32 Å². The van der Waals surface area contributed by atoms with E-state index >= 15 is 0 Å². The van der Waals surface area contributed by atoms with E-state index < -0.39 is 6.04 Å². The van der Waals surface area contributed by atoms with Crippen LogP contribution in [0.2, 0.25) is 5.02 Å². The molecule has 0 spiro atoms. The molecule has 1 atom stereocenters. The molecule has 0 saturated carbocycles. The zero-order chi connectivity index (χ0) is 21.3. The zero-order valence-corrected chi connectivity index (χ0v) is 17.9. The Morgan fingerprint density at radius 3 is 2.50 bits per heavy atom. The van der Waals surface area contributed by atoms with E-state index in [-0.39, 0.29) is 11.5 Å². The largest absolute Gasteiger partial charge is 0.324 e. The van der Waals surface area contributed by atoms with Gasteiger partial charge in [-0.1, -0.05) is 48.0 Å². The van der Waals surface area contributed by atoms with Crippen molar-refractivity contribution < 1.29 is 4.79 Å². The van der Waals surface area contributed by atoms with Gasteiger partial charge in [0.15, 0.2) is 0 Å². The number of amides is 1. The number of halogens is 1. The standard InChI is InChI=1S/C24H24ClN3O2/c1-15-20(25)13-8-14-21(15)26-23(29)16(2)28-24(30)19-12-7-6-11-18(19)22(27-28)17-9-4-3-5-10-17/h3-5,8-10,13-14,16H,6-7,11-12H2,1-2H3,(H,26,29)/t16-/m0/s1. The summed E-state index contributed by atoms with van der Waals surface area (Å²) in [6.07, 6.45) is 3.58. The summed E-state index contributed by atoms with van der Waals surface area (Å²) in [6, 6.07) is 14.5. The maximum atomic E-state index is 13.2. The third kappa shape index (κ3) is 3.77. The summed E-state index contributed by atoms with van der Waals surface area (Å²) in [5.74, 6) is -0.301. The van der Waals surface area contributed by atoms with Crippen LogP contribution in [-0.4, -0.2) is 15.7 Å². The number of anilines is 1. The molecule has 1 heterocycles. The minimum Gasteiger partial charge on any atom is -0.324 e. The zero-order valence-electron chi connectivity index (χ0n) is 17.1. The van der Waals surface area contributed by atoms with Crippen LogP contribution in [0.15, 0.2) is 53.3 Å². The minimum atomic E-state index is -0.759. The van der Waals surface area contributed by atoms with Gasteiger partial charge in [-0.3, -0.25) is 9.59 Å². The van der Waals surface area contributed by atoms with E-state index in [1.165, 1.54) is 4.68 Å². The topological polar surface area (TPSA) is 64.0 Å². The lowest BCUT2D eigenvalue weighted by atomic mass is 9.89. The molecule has 0 radical (unpaired) electrons. The van der Waals surface area contributed by atoms with E-state index in [9.17, 15) is 9.59 Å². The molecule has 0 aliphatic heterocycles. The molecule has 2 aromatic carbocycles. The average molecular weight is 422 g/mol. The highest BCUT2D eigenvalue weighted by molar-refractivity contribution is 6.31. The second-order valence-corrected chi connectivity index (χ2v) is 8.11. The smallest absolute Gasteiger partial charge is 0.271 e. The van der Waals surface area contributed by atoms with Crippen molar-refractivity contribution >= 4 is 23.2 Å². The number of nitrogens with one attached hydrogen (secondary N) is 1. The van der Waals surface area contributed by atoms with E-state index in [0.29, 0.717) is 10.7 Å². The van der Waals surface area contributed by atoms with Crippen LogP contribution in [0, 0.1) is 6.92 Å². The molecule has 154 valence electrons. The van der Waals surface area contributed by atoms with Gasteiger partial charge < -0.3 is 5.32 Å². The highest BCUT2D eigenvalue weighted by atomic mass is 35.5. The normalized spacial score (nSPS) is 14.1. The van der Waals surface area contributed by atoms with Crippen molar-refractivity contribution in [3.63, 3.8) is 0 Å². The van der Waals surface area contributed by atoms with Gasteiger partial charge in [0.1, 0.15) is 6.04 Å². The highest BCUT2D eigenvalue weighted by Crippen LogP contribution is 2.29. The lowest BCUT2D eigenvalue weighted by Gasteiger charge is -2.23. The van der Waals surface area contributed by atoms with Gasteiger partial charge in [-0.05, 0) is 62.8 Å². The first kappa shape index (κ1) is 20.4. The molecule has 30 heavy (non-hydrogen) atoms. The molecule has 0 fully saturated rings. The Hall–Kier alpha value is -2.92. The van der Waals surface area contributed by atoms with E-state index in [1.807, 2.05) is 37.3 Å². The van der Waals surface area contributed by atoms with Crippen LogP contribution in [0.1, 0.15) is 42.5 Å². The molecule has 1 aliphatic carbocycles. The first-order chi connectivity index (χ1) is 14.5. The number of fused-ring (bicyclic) bond motifs is 1. The molecule has 1 aliphatic rings. The van der Waals surface area contributed by atoms with Gasteiger partial charge in [-0.25, -0.2) is 4.68 Å². The summed E-state index contributed by atoms with van der Waals surface area (Å²) in [5.41, 5.74) is 4.81. The summed E-state index contributed by atoms with van der Waals surface area (Å²) in [6.45, 7) is 3.55. The summed E-state index contributed by atoms with van der Waals surface area (Å²) < 4.78 is 1.34. The Morgan fingerprint density at radius 1 is 1.07 bits per heavy atom. The summed E-state index contributed by atoms with van der Waals surface area (Å²) >= 11 is 6.17. The number of hydrogen-bond acceptors (Lipinski definition) is 3. The molecular formula is C24H24ClN3O2. The lowest BCUT2D eigenvalue weighted by Crippen LogP contribution is -2.37. The molecule has 1 amide bonds. The summed E-state index contributed by atoms with van der Waals surface area (Å²) in [4.78, 5) is 26.2. The fraction of sp³-hybridized carbons (Fsp3) is 0.292. The maximum absolute atomic E-state index is 13.2. The van der Waals surface area contributed by atoms with E-state index in [0.717, 1.165) is 53.6 Å². The monoisotopic (exact) mass is 421 g/mol. The Kier molecular flexibility index (Phi) is 5.73. The van der Waals surface area contributed by atoms with Crippen molar-refractivity contribution in [1.82, 2.24) is 9.78 Å². The van der Waals surface area contributed by atoms with Gasteiger partial charge in [0.05, 0.1) is 5.69 Å². The summed E-state index contributed by atoms with van der Waals surface area (Å²) in [7, 11) is 0. The maximum Gasteiger partial charge on any atom is 0.271 e. The Labute approximate surface area is 180 Å². The van der Waals surface area contributed by atoms with Crippen molar-refractivity contribution in [3.05, 3.63) is 80.6 Å². The third-order valence-corrected chi connectivity index (χ3v) is 6.16. The van der Waals surface area contributed by atoms with Crippen molar-refractivity contribution in [3.8, 4) is 11.3 Å². The number of carbonyl (C=O) groups is 1. The molecule has 1 N–H and O–H groups in total. The van der Waals surface area contributed by atoms with Crippen LogP contribution < -0.4 is 10.9 Å². The first-order valence-corrected chi connectivity index (χ1v) is 10.6. The molecule has 6 heteroatoms. The van der Waals surface area contributed by atoms with Crippen LogP contribution in [0.5, 0.6) is 0 Å². The second kappa shape index (κ2) is 8.44. The van der Waals surface area contributed by atoms with Crippen molar-refractivity contribution in [1.29, 1.82) is 0 Å². The molecule has 5 nitrogen and oxygen atoms in total. The van der Waals surface area contributed by atoms with E-state index in [4.69, 9.17) is 11.6 Å². The van der Waals surface area contributed by atoms with Gasteiger partial charge in [0.25, 0.3) is 5.56 Å². The molecule has 0 saturated heterocycles. The molecule has 0 bridgehead atoms. The third-order valence-electron chi connectivity index (χ3n) is 5.75. The summed E-state index contributed by atoms with van der Waals surface area (Å²) in [5, 5.41) is 8.15. The van der Waals surface area contributed by atoms with Crippen LogP contribution >= 0.6 is 11.6 Å². The predicted octanol–water partition coefficient (Wildman–Crippen LogP) is 4.95. The van der Waals surface area contributed by atoms with E-state index in [1.54, 1.807) is 25.1 Å². The fourth-order valence-electron chi connectivity index (χ4n) is 3.94. The van der Waals surface area contributed by atoms with Crippen molar-refractivity contribution in [2.45, 2.75) is 45.6 Å². The van der Waals surface area contributed by atoms with Gasteiger partial charge in [-0.15, -0.1) is 0 Å². The highest BCUT2D eigenvalue weighted by Gasteiger charge is 2.25. The first-order valence-electron chi connectivity index (χ1n) is 10.2. The molecule has 1 aromatic heterocycles. The number of nitrogens with zero attached hydrogens (tertiary/aromatic N) is 2. The van der Waals surface area contributed by atoms with Gasteiger partial charge in [0, 0.05) is 21.8 Å². The Bertz CT molecular complexity index is 1160.